The molecule has 0 aliphatic heterocycles. The van der Waals surface area contributed by atoms with E-state index in [1.165, 1.54) is 16.0 Å². The average molecular weight is 285 g/mol. The van der Waals surface area contributed by atoms with Gasteiger partial charge in [0.15, 0.2) is 0 Å². The Morgan fingerprint density at radius 2 is 2.05 bits per heavy atom. The first-order valence-electron chi connectivity index (χ1n) is 7.16. The van der Waals surface area contributed by atoms with Gasteiger partial charge in [-0.2, -0.15) is 0 Å². The normalized spacial score (nSPS) is 17.1. The molecule has 0 saturated heterocycles. The number of hydrogen-bond donors (Lipinski definition) is 1. The van der Waals surface area contributed by atoms with E-state index in [2.05, 4.69) is 29.2 Å². The summed E-state index contributed by atoms with van der Waals surface area (Å²) in [7, 11) is 0. The third-order valence-electron chi connectivity index (χ3n) is 3.78. The fraction of sp³-hybridized carbons (Fsp3) is 0.353. The lowest BCUT2D eigenvalue weighted by atomic mass is 10.0. The zero-order chi connectivity index (χ0) is 13.8. The summed E-state index contributed by atoms with van der Waals surface area (Å²) in [6.45, 7) is 0. The molecule has 1 heterocycles. The van der Waals surface area contributed by atoms with Crippen LogP contribution in [0.1, 0.15) is 35.6 Å². The lowest BCUT2D eigenvalue weighted by molar-refractivity contribution is 0.179. The highest BCUT2D eigenvalue weighted by Crippen LogP contribution is 2.33. The predicted molar refractivity (Wildman–Crippen MR) is 83.0 cm³/mol. The van der Waals surface area contributed by atoms with Gasteiger partial charge in [-0.3, -0.25) is 4.98 Å². The van der Waals surface area contributed by atoms with Crippen LogP contribution in [0.3, 0.4) is 0 Å². The van der Waals surface area contributed by atoms with Crippen molar-refractivity contribution in [2.75, 3.05) is 5.75 Å². The van der Waals surface area contributed by atoms with Gasteiger partial charge in [-0.15, -0.1) is 11.8 Å². The van der Waals surface area contributed by atoms with Gasteiger partial charge in [0.25, 0.3) is 0 Å². The van der Waals surface area contributed by atoms with E-state index in [1.807, 2.05) is 30.2 Å². The Bertz CT molecular complexity index is 570. The smallest absolute Gasteiger partial charge is 0.0799 e. The molecule has 0 amide bonds. The fourth-order valence-corrected chi connectivity index (χ4v) is 3.67. The molecule has 1 aliphatic carbocycles. The first-order chi connectivity index (χ1) is 9.84. The summed E-state index contributed by atoms with van der Waals surface area (Å²) >= 11 is 1.89. The molecule has 1 aliphatic rings. The van der Waals surface area contributed by atoms with Crippen LogP contribution >= 0.6 is 11.8 Å². The third kappa shape index (κ3) is 3.05. The van der Waals surface area contributed by atoms with E-state index in [0.717, 1.165) is 37.0 Å². The van der Waals surface area contributed by atoms with Crippen molar-refractivity contribution in [1.29, 1.82) is 0 Å². The number of rotatable bonds is 5. The van der Waals surface area contributed by atoms with Crippen LogP contribution < -0.4 is 0 Å². The highest BCUT2D eigenvalue weighted by molar-refractivity contribution is 7.99. The van der Waals surface area contributed by atoms with Crippen LogP contribution in [-0.4, -0.2) is 15.8 Å². The maximum Gasteiger partial charge on any atom is 0.0799 e. The zero-order valence-corrected chi connectivity index (χ0v) is 12.3. The lowest BCUT2D eigenvalue weighted by Crippen LogP contribution is -2.00. The van der Waals surface area contributed by atoms with Crippen LogP contribution in [0.4, 0.5) is 0 Å². The van der Waals surface area contributed by atoms with Gasteiger partial charge in [-0.05, 0) is 60.3 Å². The van der Waals surface area contributed by atoms with Gasteiger partial charge >= 0.3 is 0 Å². The van der Waals surface area contributed by atoms with E-state index in [1.54, 1.807) is 0 Å². The minimum absolute atomic E-state index is 0.273. The lowest BCUT2D eigenvalue weighted by Gasteiger charge is -2.10. The van der Waals surface area contributed by atoms with Gasteiger partial charge in [0.05, 0.1) is 6.10 Å². The molecule has 0 radical (unpaired) electrons. The topological polar surface area (TPSA) is 33.1 Å². The third-order valence-corrected chi connectivity index (χ3v) is 4.87. The second kappa shape index (κ2) is 6.42. The van der Waals surface area contributed by atoms with E-state index in [9.17, 15) is 5.11 Å². The molecule has 0 spiro atoms. The molecule has 104 valence electrons. The second-order valence-electron chi connectivity index (χ2n) is 5.19. The van der Waals surface area contributed by atoms with Crippen LogP contribution in [0.2, 0.25) is 0 Å². The Labute approximate surface area is 124 Å². The van der Waals surface area contributed by atoms with Gasteiger partial charge in [0.2, 0.25) is 0 Å². The number of aliphatic hydroxyl groups excluding tert-OH is 1. The first-order valence-corrected chi connectivity index (χ1v) is 8.15. The van der Waals surface area contributed by atoms with E-state index in [0.29, 0.717) is 0 Å². The predicted octanol–water partition coefficient (Wildman–Crippen LogP) is 3.79. The number of benzene rings is 1. The Balaban J connectivity index is 1.56. The summed E-state index contributed by atoms with van der Waals surface area (Å²) < 4.78 is 0. The molecule has 20 heavy (non-hydrogen) atoms. The monoisotopic (exact) mass is 285 g/mol. The van der Waals surface area contributed by atoms with Gasteiger partial charge in [-0.25, -0.2) is 0 Å². The summed E-state index contributed by atoms with van der Waals surface area (Å²) in [5, 5.41) is 10.1. The SMILES string of the molecule is OC1CCc2cncc(CCCSc3ccccc3)c21. The largest absolute Gasteiger partial charge is 0.388 e. The zero-order valence-electron chi connectivity index (χ0n) is 11.5. The number of pyridine rings is 1. The molecule has 1 N–H and O–H groups in total. The Kier molecular flexibility index (Phi) is 4.38. The average Bonchev–Trinajstić information content (AvgIpc) is 2.87. The molecule has 0 bridgehead atoms. The highest BCUT2D eigenvalue weighted by atomic mass is 32.2. The Morgan fingerprint density at radius 1 is 1.20 bits per heavy atom. The number of thioether (sulfide) groups is 1. The van der Waals surface area contributed by atoms with Crippen LogP contribution in [-0.2, 0) is 12.8 Å². The van der Waals surface area contributed by atoms with Gasteiger partial charge in [0, 0.05) is 17.3 Å². The Morgan fingerprint density at radius 3 is 2.90 bits per heavy atom. The number of hydrogen-bond acceptors (Lipinski definition) is 3. The summed E-state index contributed by atoms with van der Waals surface area (Å²) in [5.74, 6) is 1.10. The molecule has 0 saturated carbocycles. The summed E-state index contributed by atoms with van der Waals surface area (Å²) in [4.78, 5) is 5.63. The van der Waals surface area contributed by atoms with Crippen molar-refractivity contribution in [3.63, 3.8) is 0 Å². The molecule has 0 fully saturated rings. The number of aryl methyl sites for hydroxylation is 2. The minimum atomic E-state index is -0.273. The number of nitrogens with zero attached hydrogens (tertiary/aromatic N) is 1. The van der Waals surface area contributed by atoms with Crippen molar-refractivity contribution in [1.82, 2.24) is 4.98 Å². The van der Waals surface area contributed by atoms with Gasteiger partial charge in [0.1, 0.15) is 0 Å². The summed E-state index contributed by atoms with van der Waals surface area (Å²) in [6, 6.07) is 10.5. The van der Waals surface area contributed by atoms with E-state index >= 15 is 0 Å². The molecule has 1 aromatic heterocycles. The van der Waals surface area contributed by atoms with E-state index in [-0.39, 0.29) is 6.10 Å². The van der Waals surface area contributed by atoms with Crippen molar-refractivity contribution >= 4 is 11.8 Å². The number of aromatic nitrogens is 1. The van der Waals surface area contributed by atoms with Crippen molar-refractivity contribution in [3.05, 3.63) is 59.4 Å². The Hall–Kier alpha value is -1.32. The van der Waals surface area contributed by atoms with Crippen LogP contribution in [0.15, 0.2) is 47.6 Å². The van der Waals surface area contributed by atoms with Crippen LogP contribution in [0.25, 0.3) is 0 Å². The van der Waals surface area contributed by atoms with E-state index in [4.69, 9.17) is 0 Å². The number of aliphatic hydroxyl groups is 1. The molecule has 1 atom stereocenters. The molecule has 2 aromatic rings. The maximum absolute atomic E-state index is 10.1. The van der Waals surface area contributed by atoms with Crippen LogP contribution in [0.5, 0.6) is 0 Å². The molecule has 3 heteroatoms. The van der Waals surface area contributed by atoms with Gasteiger partial charge < -0.3 is 5.11 Å². The molecular formula is C17H19NOS. The first kappa shape index (κ1) is 13.7. The standard InChI is InChI=1S/C17H19NOS/c19-16-9-8-14-12-18-11-13(17(14)16)5-4-10-20-15-6-2-1-3-7-15/h1-3,6-7,11-12,16,19H,4-5,8-10H2. The molecular weight excluding hydrogens is 266 g/mol. The van der Waals surface area contributed by atoms with Crippen molar-refractivity contribution in [2.45, 2.75) is 36.7 Å². The molecule has 3 rings (SSSR count). The molecule has 1 unspecified atom stereocenters. The van der Waals surface area contributed by atoms with Gasteiger partial charge in [-0.1, -0.05) is 18.2 Å². The fourth-order valence-electron chi connectivity index (χ4n) is 2.79. The molecule has 2 nitrogen and oxygen atoms in total. The maximum atomic E-state index is 10.1. The quantitative estimate of drug-likeness (QED) is 0.670. The van der Waals surface area contributed by atoms with Crippen molar-refractivity contribution in [2.24, 2.45) is 0 Å². The minimum Gasteiger partial charge on any atom is -0.388 e. The number of fused-ring (bicyclic) bond motifs is 1. The van der Waals surface area contributed by atoms with Crippen LogP contribution in [0, 0.1) is 0 Å². The summed E-state index contributed by atoms with van der Waals surface area (Å²) in [6.07, 6.45) is 7.51. The second-order valence-corrected chi connectivity index (χ2v) is 6.36. The molecule has 1 aromatic carbocycles. The van der Waals surface area contributed by atoms with Crippen molar-refractivity contribution < 1.29 is 5.11 Å². The summed E-state index contributed by atoms with van der Waals surface area (Å²) in [5.41, 5.74) is 3.64. The van der Waals surface area contributed by atoms with Crippen molar-refractivity contribution in [3.8, 4) is 0 Å². The highest BCUT2D eigenvalue weighted by Gasteiger charge is 2.23. The van der Waals surface area contributed by atoms with E-state index < -0.39 is 0 Å².